The van der Waals surface area contributed by atoms with Gasteiger partial charge in [0, 0.05) is 20.0 Å². The molecule has 1 N–H and O–H groups in total. The monoisotopic (exact) mass is 272 g/mol. The molecule has 1 aliphatic rings. The van der Waals surface area contributed by atoms with Crippen LogP contribution < -0.4 is 0 Å². The molecule has 0 aromatic heterocycles. The highest BCUT2D eigenvalue weighted by Gasteiger charge is 2.36. The summed E-state index contributed by atoms with van der Waals surface area (Å²) in [4.78, 5) is 36.9. The van der Waals surface area contributed by atoms with E-state index in [0.29, 0.717) is 0 Å². The van der Waals surface area contributed by atoms with Crippen molar-refractivity contribution in [3.8, 4) is 0 Å². The number of aliphatic carboxylic acids is 1. The molecule has 0 spiro atoms. The minimum absolute atomic E-state index is 0.0518. The first-order chi connectivity index (χ1) is 8.61. The van der Waals surface area contributed by atoms with Crippen LogP contribution in [0.2, 0.25) is 0 Å². The highest BCUT2D eigenvalue weighted by molar-refractivity contribution is 5.83. The minimum atomic E-state index is -1.12. The second-order valence-corrected chi connectivity index (χ2v) is 5.49. The van der Waals surface area contributed by atoms with Crippen molar-refractivity contribution in [1.29, 1.82) is 0 Å². The molecule has 7 heteroatoms. The van der Waals surface area contributed by atoms with Crippen LogP contribution in [-0.2, 0) is 14.3 Å². The molecule has 0 saturated carbocycles. The van der Waals surface area contributed by atoms with Crippen molar-refractivity contribution < 1.29 is 24.2 Å². The van der Waals surface area contributed by atoms with E-state index in [1.165, 1.54) is 16.7 Å². The smallest absolute Gasteiger partial charge is 0.410 e. The van der Waals surface area contributed by atoms with Crippen LogP contribution in [0.1, 0.15) is 27.7 Å². The zero-order chi connectivity index (χ0) is 14.8. The lowest BCUT2D eigenvalue weighted by Gasteiger charge is -2.39. The van der Waals surface area contributed by atoms with Gasteiger partial charge in [0.15, 0.2) is 0 Å². The predicted molar refractivity (Wildman–Crippen MR) is 66.6 cm³/mol. The van der Waals surface area contributed by atoms with Gasteiger partial charge in [-0.2, -0.15) is 0 Å². The van der Waals surface area contributed by atoms with E-state index < -0.39 is 23.7 Å². The standard InChI is InChI=1S/C12H20N2O5/c1-8(15)14-6-5-13(7-9(14)10(16)17)11(18)19-12(2,3)4/h9H,5-7H2,1-4H3,(H,16,17). The summed E-state index contributed by atoms with van der Waals surface area (Å²) in [5, 5.41) is 9.12. The van der Waals surface area contributed by atoms with Gasteiger partial charge in [-0.25, -0.2) is 9.59 Å². The van der Waals surface area contributed by atoms with Gasteiger partial charge in [-0.05, 0) is 20.8 Å². The van der Waals surface area contributed by atoms with Crippen molar-refractivity contribution >= 4 is 18.0 Å². The number of piperazine rings is 1. The first-order valence-corrected chi connectivity index (χ1v) is 6.10. The zero-order valence-electron chi connectivity index (χ0n) is 11.7. The Kier molecular flexibility index (Phi) is 4.39. The molecule has 1 atom stereocenters. The van der Waals surface area contributed by atoms with E-state index >= 15 is 0 Å². The van der Waals surface area contributed by atoms with Gasteiger partial charge < -0.3 is 19.6 Å². The fraction of sp³-hybridized carbons (Fsp3) is 0.750. The lowest BCUT2D eigenvalue weighted by atomic mass is 10.1. The van der Waals surface area contributed by atoms with E-state index in [2.05, 4.69) is 0 Å². The van der Waals surface area contributed by atoms with Gasteiger partial charge in [0.1, 0.15) is 11.6 Å². The van der Waals surface area contributed by atoms with E-state index in [4.69, 9.17) is 9.84 Å². The highest BCUT2D eigenvalue weighted by atomic mass is 16.6. The third kappa shape index (κ3) is 4.11. The van der Waals surface area contributed by atoms with Gasteiger partial charge >= 0.3 is 12.1 Å². The zero-order valence-corrected chi connectivity index (χ0v) is 11.7. The van der Waals surface area contributed by atoms with E-state index in [0.717, 1.165) is 0 Å². The van der Waals surface area contributed by atoms with Crippen LogP contribution in [0.5, 0.6) is 0 Å². The fourth-order valence-electron chi connectivity index (χ4n) is 1.86. The maximum atomic E-state index is 11.9. The predicted octanol–water partition coefficient (Wildman–Crippen LogP) is 0.539. The first-order valence-electron chi connectivity index (χ1n) is 6.10. The van der Waals surface area contributed by atoms with Crippen LogP contribution in [0.4, 0.5) is 4.79 Å². The summed E-state index contributed by atoms with van der Waals surface area (Å²) in [5.41, 5.74) is -0.631. The van der Waals surface area contributed by atoms with E-state index in [9.17, 15) is 14.4 Å². The minimum Gasteiger partial charge on any atom is -0.480 e. The van der Waals surface area contributed by atoms with Crippen LogP contribution >= 0.6 is 0 Å². The van der Waals surface area contributed by atoms with Crippen LogP contribution in [0.25, 0.3) is 0 Å². The molecule has 0 radical (unpaired) electrons. The summed E-state index contributed by atoms with van der Waals surface area (Å²) < 4.78 is 5.19. The number of rotatable bonds is 1. The third-order valence-electron chi connectivity index (χ3n) is 2.72. The summed E-state index contributed by atoms with van der Waals surface area (Å²) in [6.07, 6.45) is -0.554. The maximum Gasteiger partial charge on any atom is 0.410 e. The Bertz CT molecular complexity index is 388. The van der Waals surface area contributed by atoms with Crippen LogP contribution in [0, 0.1) is 0 Å². The number of carbonyl (C=O) groups is 3. The van der Waals surface area contributed by atoms with Crippen molar-refractivity contribution in [2.24, 2.45) is 0 Å². The number of ether oxygens (including phenoxy) is 1. The van der Waals surface area contributed by atoms with Crippen molar-refractivity contribution in [2.75, 3.05) is 19.6 Å². The summed E-state index contributed by atoms with van der Waals surface area (Å²) in [6, 6.07) is -1.02. The molecule has 2 amide bonds. The summed E-state index contributed by atoms with van der Waals surface area (Å²) in [5.74, 6) is -1.43. The molecule has 0 aliphatic carbocycles. The maximum absolute atomic E-state index is 11.9. The van der Waals surface area contributed by atoms with E-state index in [1.54, 1.807) is 20.8 Å². The van der Waals surface area contributed by atoms with Crippen LogP contribution in [0.3, 0.4) is 0 Å². The lowest BCUT2D eigenvalue weighted by molar-refractivity contribution is -0.152. The molecular weight excluding hydrogens is 252 g/mol. The van der Waals surface area contributed by atoms with Crippen LogP contribution in [-0.4, -0.2) is 64.2 Å². The molecule has 1 saturated heterocycles. The first kappa shape index (κ1) is 15.3. The van der Waals surface area contributed by atoms with Gasteiger partial charge in [-0.3, -0.25) is 4.79 Å². The molecule has 0 aromatic carbocycles. The van der Waals surface area contributed by atoms with Gasteiger partial charge in [-0.15, -0.1) is 0 Å². The molecule has 1 aliphatic heterocycles. The van der Waals surface area contributed by atoms with Gasteiger partial charge in [0.2, 0.25) is 5.91 Å². The SMILES string of the molecule is CC(=O)N1CCN(C(=O)OC(C)(C)C)CC1C(=O)O. The molecule has 1 rings (SSSR count). The largest absolute Gasteiger partial charge is 0.480 e. The molecular formula is C12H20N2O5. The quantitative estimate of drug-likeness (QED) is 0.752. The Labute approximate surface area is 112 Å². The molecule has 1 fully saturated rings. The highest BCUT2D eigenvalue weighted by Crippen LogP contribution is 2.15. The number of carboxylic acid groups (broad SMARTS) is 1. The Balaban J connectivity index is 2.74. The Morgan fingerprint density at radius 2 is 1.79 bits per heavy atom. The molecule has 0 bridgehead atoms. The number of carbonyl (C=O) groups excluding carboxylic acids is 2. The second kappa shape index (κ2) is 5.46. The topological polar surface area (TPSA) is 87.2 Å². The second-order valence-electron chi connectivity index (χ2n) is 5.49. The number of amides is 2. The lowest BCUT2D eigenvalue weighted by Crippen LogP contribution is -2.59. The number of hydrogen-bond acceptors (Lipinski definition) is 4. The fourth-order valence-corrected chi connectivity index (χ4v) is 1.86. The summed E-state index contributed by atoms with van der Waals surface area (Å²) in [7, 11) is 0. The van der Waals surface area contributed by atoms with Gasteiger partial charge in [-0.1, -0.05) is 0 Å². The average molecular weight is 272 g/mol. The third-order valence-corrected chi connectivity index (χ3v) is 2.72. The van der Waals surface area contributed by atoms with Crippen molar-refractivity contribution in [2.45, 2.75) is 39.3 Å². The normalized spacial score (nSPS) is 20.1. The van der Waals surface area contributed by atoms with E-state index in [1.807, 2.05) is 0 Å². The Morgan fingerprint density at radius 3 is 2.21 bits per heavy atom. The number of nitrogens with zero attached hydrogens (tertiary/aromatic N) is 2. The Morgan fingerprint density at radius 1 is 1.21 bits per heavy atom. The van der Waals surface area contributed by atoms with Crippen molar-refractivity contribution in [3.63, 3.8) is 0 Å². The van der Waals surface area contributed by atoms with Crippen molar-refractivity contribution in [1.82, 2.24) is 9.80 Å². The summed E-state index contributed by atoms with van der Waals surface area (Å²) in [6.45, 7) is 6.97. The molecule has 108 valence electrons. The van der Waals surface area contributed by atoms with Crippen molar-refractivity contribution in [3.05, 3.63) is 0 Å². The average Bonchev–Trinajstić information content (AvgIpc) is 2.25. The van der Waals surface area contributed by atoms with Gasteiger partial charge in [0.05, 0.1) is 6.54 Å². The summed E-state index contributed by atoms with van der Waals surface area (Å²) >= 11 is 0. The molecule has 7 nitrogen and oxygen atoms in total. The molecule has 1 heterocycles. The molecule has 19 heavy (non-hydrogen) atoms. The number of hydrogen-bond donors (Lipinski definition) is 1. The van der Waals surface area contributed by atoms with E-state index in [-0.39, 0.29) is 25.5 Å². The van der Waals surface area contributed by atoms with Gasteiger partial charge in [0.25, 0.3) is 0 Å². The number of carboxylic acids is 1. The molecule has 1 unspecified atom stereocenters. The molecule has 0 aromatic rings. The van der Waals surface area contributed by atoms with Crippen LogP contribution in [0.15, 0.2) is 0 Å². The Hall–Kier alpha value is -1.79.